The van der Waals surface area contributed by atoms with E-state index < -0.39 is 0 Å². The molecule has 0 saturated carbocycles. The van der Waals surface area contributed by atoms with Crippen LogP contribution in [0.1, 0.15) is 0 Å². The first-order valence-electron chi connectivity index (χ1n) is 6.60. The van der Waals surface area contributed by atoms with Gasteiger partial charge in [0.25, 0.3) is 0 Å². The lowest BCUT2D eigenvalue weighted by molar-refractivity contribution is -0.654. The van der Waals surface area contributed by atoms with Crippen molar-refractivity contribution in [3.63, 3.8) is 0 Å². The first-order chi connectivity index (χ1) is 9.83. The largest absolute Gasteiger partial charge is 1.00 e. The molecule has 0 bridgehead atoms. The molecule has 0 unspecified atom stereocenters. The van der Waals surface area contributed by atoms with Crippen molar-refractivity contribution in [2.45, 2.75) is 0 Å². The Balaban J connectivity index is 0.00000161. The summed E-state index contributed by atoms with van der Waals surface area (Å²) in [5.41, 5.74) is 2.09. The first kappa shape index (κ1) is 15.9. The van der Waals surface area contributed by atoms with Gasteiger partial charge in [0.15, 0.2) is 0 Å². The highest BCUT2D eigenvalue weighted by atomic mass is 35.5. The number of morpholine rings is 1. The van der Waals surface area contributed by atoms with E-state index in [9.17, 15) is 0 Å². The molecule has 2 aromatic rings. The van der Waals surface area contributed by atoms with Crippen molar-refractivity contribution < 1.29 is 21.7 Å². The minimum Gasteiger partial charge on any atom is -1.00 e. The maximum atomic E-state index is 5.36. The molecule has 1 aromatic heterocycles. The summed E-state index contributed by atoms with van der Waals surface area (Å²) in [7, 11) is 1.96. The summed E-state index contributed by atoms with van der Waals surface area (Å²) < 4.78 is 7.31. The van der Waals surface area contributed by atoms with Gasteiger partial charge in [-0.05, 0) is 40.7 Å². The van der Waals surface area contributed by atoms with Crippen LogP contribution in [0.2, 0.25) is 0 Å². The van der Waals surface area contributed by atoms with Crippen molar-refractivity contribution in [2.75, 3.05) is 31.2 Å². The van der Waals surface area contributed by atoms with Crippen molar-refractivity contribution in [1.82, 2.24) is 0 Å². The van der Waals surface area contributed by atoms with Gasteiger partial charge in [0.05, 0.1) is 25.4 Å². The quantitative estimate of drug-likeness (QED) is 0.581. The van der Waals surface area contributed by atoms with Crippen LogP contribution >= 0.6 is 11.3 Å². The predicted octanol–water partition coefficient (Wildman–Crippen LogP) is -0.171. The molecular formula is C14H17ClN4OS. The molecule has 0 amide bonds. The van der Waals surface area contributed by atoms with Crippen LogP contribution in [0.3, 0.4) is 0 Å². The summed E-state index contributed by atoms with van der Waals surface area (Å²) in [6.07, 6.45) is 1.97. The van der Waals surface area contributed by atoms with Gasteiger partial charge in [0.2, 0.25) is 0 Å². The van der Waals surface area contributed by atoms with Crippen molar-refractivity contribution in [1.29, 1.82) is 0 Å². The number of ether oxygens (including phenoxy) is 1. The molecule has 0 atom stereocenters. The first-order valence-corrected chi connectivity index (χ1v) is 7.48. The zero-order valence-corrected chi connectivity index (χ0v) is 13.3. The summed E-state index contributed by atoms with van der Waals surface area (Å²) >= 11 is 1.58. The van der Waals surface area contributed by atoms with Crippen LogP contribution in [0.5, 0.6) is 0 Å². The fourth-order valence-corrected chi connectivity index (χ4v) is 2.76. The number of rotatable bonds is 3. The number of hydrogen-bond acceptors (Lipinski definition) is 5. The Morgan fingerprint density at radius 1 is 1.14 bits per heavy atom. The molecule has 0 radical (unpaired) electrons. The monoisotopic (exact) mass is 324 g/mol. The molecule has 21 heavy (non-hydrogen) atoms. The lowest BCUT2D eigenvalue weighted by Gasteiger charge is -2.28. The Hall–Kier alpha value is -1.50. The van der Waals surface area contributed by atoms with Gasteiger partial charge in [0.1, 0.15) is 11.9 Å². The van der Waals surface area contributed by atoms with Crippen molar-refractivity contribution in [3.8, 4) is 0 Å². The molecule has 0 aliphatic carbocycles. The average molecular weight is 325 g/mol. The van der Waals surface area contributed by atoms with Gasteiger partial charge in [-0.3, -0.25) is 0 Å². The summed E-state index contributed by atoms with van der Waals surface area (Å²) in [4.78, 5) is 2.32. The Morgan fingerprint density at radius 3 is 2.48 bits per heavy atom. The number of azo groups is 1. The maximum Gasteiger partial charge on any atom is 0.408 e. The lowest BCUT2D eigenvalue weighted by atomic mass is 10.2. The molecule has 0 N–H and O–H groups in total. The molecule has 5 nitrogen and oxygen atoms in total. The highest BCUT2D eigenvalue weighted by Gasteiger charge is 2.11. The van der Waals surface area contributed by atoms with Crippen LogP contribution in [-0.4, -0.2) is 26.3 Å². The summed E-state index contributed by atoms with van der Waals surface area (Å²) in [6, 6.07) is 8.19. The summed E-state index contributed by atoms with van der Waals surface area (Å²) in [5.74, 6) is 0. The normalized spacial score (nSPS) is 15.2. The highest BCUT2D eigenvalue weighted by Crippen LogP contribution is 2.22. The number of halogens is 1. The maximum absolute atomic E-state index is 5.36. The van der Waals surface area contributed by atoms with E-state index >= 15 is 0 Å². The zero-order valence-electron chi connectivity index (χ0n) is 11.8. The number of aryl methyl sites for hydroxylation is 1. The van der Waals surface area contributed by atoms with Gasteiger partial charge in [-0.15, -0.1) is 0 Å². The molecule has 1 aromatic carbocycles. The predicted molar refractivity (Wildman–Crippen MR) is 79.1 cm³/mol. The topological polar surface area (TPSA) is 41.1 Å². The van der Waals surface area contributed by atoms with E-state index in [1.807, 2.05) is 35.3 Å². The van der Waals surface area contributed by atoms with E-state index in [-0.39, 0.29) is 12.4 Å². The van der Waals surface area contributed by atoms with Crippen molar-refractivity contribution >= 4 is 27.8 Å². The fraction of sp³-hybridized carbons (Fsp3) is 0.357. The van der Waals surface area contributed by atoms with Crippen LogP contribution in [0.15, 0.2) is 46.1 Å². The minimum absolute atomic E-state index is 0. The minimum atomic E-state index is 0. The number of aromatic nitrogens is 1. The van der Waals surface area contributed by atoms with Gasteiger partial charge in [0, 0.05) is 24.2 Å². The smallest absolute Gasteiger partial charge is 0.408 e. The Morgan fingerprint density at radius 2 is 1.86 bits per heavy atom. The Labute approximate surface area is 134 Å². The molecular weight excluding hydrogens is 308 g/mol. The van der Waals surface area contributed by atoms with E-state index in [4.69, 9.17) is 4.74 Å². The van der Waals surface area contributed by atoms with E-state index in [0.717, 1.165) is 37.1 Å². The van der Waals surface area contributed by atoms with Crippen LogP contribution in [0.25, 0.3) is 0 Å². The van der Waals surface area contributed by atoms with Crippen LogP contribution in [0.4, 0.5) is 16.5 Å². The van der Waals surface area contributed by atoms with Crippen molar-refractivity contribution in [3.05, 3.63) is 35.8 Å². The fourth-order valence-electron chi connectivity index (χ4n) is 2.08. The molecule has 1 aliphatic heterocycles. The summed E-state index contributed by atoms with van der Waals surface area (Å²) in [6.45, 7) is 3.50. The van der Waals surface area contributed by atoms with E-state index in [1.54, 1.807) is 11.3 Å². The molecule has 0 spiro atoms. The SMILES string of the molecule is C[n+]1ccsc1N=Nc1ccc(N2CCOCC2)cc1.[Cl-]. The van der Waals surface area contributed by atoms with E-state index in [2.05, 4.69) is 27.3 Å². The third-order valence-corrected chi connectivity index (χ3v) is 4.07. The molecule has 3 rings (SSSR count). The van der Waals surface area contributed by atoms with E-state index in [0.29, 0.717) is 0 Å². The van der Waals surface area contributed by atoms with Gasteiger partial charge >= 0.3 is 5.13 Å². The molecule has 1 fully saturated rings. The Bertz CT molecular complexity index is 593. The second-order valence-corrected chi connectivity index (χ2v) is 5.49. The lowest BCUT2D eigenvalue weighted by Crippen LogP contribution is -3.00. The average Bonchev–Trinajstić information content (AvgIpc) is 2.92. The van der Waals surface area contributed by atoms with Crippen LogP contribution in [-0.2, 0) is 11.8 Å². The third-order valence-electron chi connectivity index (χ3n) is 3.24. The van der Waals surface area contributed by atoms with Gasteiger partial charge in [-0.25, -0.2) is 4.57 Å². The van der Waals surface area contributed by atoms with Gasteiger partial charge in [-0.2, -0.15) is 0 Å². The molecule has 7 heteroatoms. The van der Waals surface area contributed by atoms with E-state index in [1.165, 1.54) is 5.69 Å². The zero-order chi connectivity index (χ0) is 13.8. The third kappa shape index (κ3) is 4.00. The summed E-state index contributed by atoms with van der Waals surface area (Å²) in [5, 5.41) is 11.4. The standard InChI is InChI=1S/C14H17N4OS.ClH/c1-17-8-11-20-14(17)16-15-12-2-4-13(5-3-12)18-6-9-19-10-7-18;/h2-5,8,11H,6-7,9-10H2,1H3;1H/q+1;/p-1. The number of nitrogens with zero attached hydrogens (tertiary/aromatic N) is 4. The second kappa shape index (κ2) is 7.49. The van der Waals surface area contributed by atoms with Crippen molar-refractivity contribution in [2.24, 2.45) is 17.3 Å². The molecule has 112 valence electrons. The molecule has 1 aliphatic rings. The van der Waals surface area contributed by atoms with Crippen LogP contribution in [0, 0.1) is 0 Å². The number of benzene rings is 1. The highest BCUT2D eigenvalue weighted by molar-refractivity contribution is 7.12. The second-order valence-electron chi connectivity index (χ2n) is 4.61. The Kier molecular flexibility index (Phi) is 5.67. The number of anilines is 1. The van der Waals surface area contributed by atoms with Gasteiger partial charge in [-0.1, -0.05) is 0 Å². The van der Waals surface area contributed by atoms with Crippen LogP contribution < -0.4 is 21.9 Å². The van der Waals surface area contributed by atoms with Gasteiger partial charge < -0.3 is 22.0 Å². The number of thiazole rings is 1. The molecule has 2 heterocycles. The molecule has 1 saturated heterocycles. The number of hydrogen-bond donors (Lipinski definition) is 0.